The van der Waals surface area contributed by atoms with Crippen LogP contribution in [0.2, 0.25) is 0 Å². The molecule has 7 nitrogen and oxygen atoms in total. The molecule has 0 amide bonds. The molecule has 0 radical (unpaired) electrons. The predicted molar refractivity (Wildman–Crippen MR) is 107 cm³/mol. The first kappa shape index (κ1) is 18.6. The van der Waals surface area contributed by atoms with Crippen LogP contribution in [0.5, 0.6) is 5.88 Å². The van der Waals surface area contributed by atoms with Crippen molar-refractivity contribution in [3.8, 4) is 17.3 Å². The molecule has 0 bridgehead atoms. The van der Waals surface area contributed by atoms with Crippen molar-refractivity contribution in [1.82, 2.24) is 19.9 Å². The SMILES string of the molecule is CC(C)Nc1nc(Nc2ccc(OC(C)C)nc2)nc(-c2ccccc2)n1. The number of ether oxygens (including phenoxy) is 1. The van der Waals surface area contributed by atoms with Gasteiger partial charge in [-0.3, -0.25) is 0 Å². The maximum absolute atomic E-state index is 5.57. The summed E-state index contributed by atoms with van der Waals surface area (Å²) in [6.07, 6.45) is 1.78. The summed E-state index contributed by atoms with van der Waals surface area (Å²) in [6.45, 7) is 8.01. The summed E-state index contributed by atoms with van der Waals surface area (Å²) in [5, 5.41) is 6.42. The number of nitrogens with zero attached hydrogens (tertiary/aromatic N) is 4. The van der Waals surface area contributed by atoms with E-state index in [1.165, 1.54) is 0 Å². The van der Waals surface area contributed by atoms with Gasteiger partial charge in [-0.25, -0.2) is 4.98 Å². The van der Waals surface area contributed by atoms with Crippen molar-refractivity contribution >= 4 is 17.6 Å². The summed E-state index contributed by atoms with van der Waals surface area (Å²) < 4.78 is 5.57. The van der Waals surface area contributed by atoms with Gasteiger partial charge in [0, 0.05) is 17.7 Å². The van der Waals surface area contributed by atoms with Gasteiger partial charge in [0.1, 0.15) is 0 Å². The highest BCUT2D eigenvalue weighted by atomic mass is 16.5. The molecule has 0 aliphatic carbocycles. The minimum atomic E-state index is 0.0814. The van der Waals surface area contributed by atoms with E-state index in [4.69, 9.17) is 4.74 Å². The number of pyridine rings is 1. The van der Waals surface area contributed by atoms with Crippen molar-refractivity contribution in [2.45, 2.75) is 39.8 Å². The molecule has 0 saturated heterocycles. The van der Waals surface area contributed by atoms with Crippen LogP contribution in [0.1, 0.15) is 27.7 Å². The van der Waals surface area contributed by atoms with E-state index in [2.05, 4.69) is 30.6 Å². The minimum Gasteiger partial charge on any atom is -0.475 e. The number of rotatable bonds is 7. The van der Waals surface area contributed by atoms with E-state index in [0.717, 1.165) is 11.3 Å². The number of nitrogens with one attached hydrogen (secondary N) is 2. The lowest BCUT2D eigenvalue weighted by Crippen LogP contribution is -2.14. The molecular formula is C20H24N6O. The molecule has 0 saturated carbocycles. The van der Waals surface area contributed by atoms with Gasteiger partial charge in [-0.1, -0.05) is 30.3 Å². The van der Waals surface area contributed by atoms with Gasteiger partial charge in [-0.05, 0) is 33.8 Å². The summed E-state index contributed by atoms with van der Waals surface area (Å²) in [5.41, 5.74) is 1.69. The van der Waals surface area contributed by atoms with Crippen LogP contribution in [0.4, 0.5) is 17.6 Å². The number of hydrogen-bond acceptors (Lipinski definition) is 7. The molecule has 140 valence electrons. The average molecular weight is 364 g/mol. The van der Waals surface area contributed by atoms with Crippen LogP contribution in [0.25, 0.3) is 11.4 Å². The molecule has 0 aliphatic heterocycles. The van der Waals surface area contributed by atoms with Gasteiger partial charge in [-0.15, -0.1) is 0 Å². The van der Waals surface area contributed by atoms with Crippen molar-refractivity contribution in [2.24, 2.45) is 0 Å². The zero-order valence-corrected chi connectivity index (χ0v) is 16.0. The highest BCUT2D eigenvalue weighted by molar-refractivity contribution is 5.60. The van der Waals surface area contributed by atoms with E-state index in [0.29, 0.717) is 23.6 Å². The molecule has 3 rings (SSSR count). The fraction of sp³-hybridized carbons (Fsp3) is 0.300. The molecule has 2 heterocycles. The van der Waals surface area contributed by atoms with Gasteiger partial charge in [0.15, 0.2) is 5.82 Å². The summed E-state index contributed by atoms with van der Waals surface area (Å²) in [7, 11) is 0. The van der Waals surface area contributed by atoms with Crippen molar-refractivity contribution in [2.75, 3.05) is 10.6 Å². The van der Waals surface area contributed by atoms with Crippen molar-refractivity contribution in [1.29, 1.82) is 0 Å². The highest BCUT2D eigenvalue weighted by Crippen LogP contribution is 2.21. The normalized spacial score (nSPS) is 10.9. The second-order valence-electron chi connectivity index (χ2n) is 6.65. The van der Waals surface area contributed by atoms with Crippen LogP contribution in [-0.4, -0.2) is 32.1 Å². The summed E-state index contributed by atoms with van der Waals surface area (Å²) in [4.78, 5) is 17.8. The summed E-state index contributed by atoms with van der Waals surface area (Å²) >= 11 is 0. The molecule has 0 fully saturated rings. The number of benzene rings is 1. The van der Waals surface area contributed by atoms with Gasteiger partial charge < -0.3 is 15.4 Å². The average Bonchev–Trinajstić information content (AvgIpc) is 2.63. The van der Waals surface area contributed by atoms with E-state index >= 15 is 0 Å². The fourth-order valence-electron chi connectivity index (χ4n) is 2.37. The lowest BCUT2D eigenvalue weighted by atomic mass is 10.2. The van der Waals surface area contributed by atoms with Crippen molar-refractivity contribution in [3.63, 3.8) is 0 Å². The van der Waals surface area contributed by atoms with Crippen LogP contribution in [0, 0.1) is 0 Å². The Morgan fingerprint density at radius 3 is 2.22 bits per heavy atom. The third-order valence-electron chi connectivity index (χ3n) is 3.43. The van der Waals surface area contributed by atoms with E-state index in [1.807, 2.05) is 70.2 Å². The third kappa shape index (κ3) is 5.37. The first-order valence-corrected chi connectivity index (χ1v) is 8.97. The summed E-state index contributed by atoms with van der Waals surface area (Å²) in [6, 6.07) is 13.7. The lowest BCUT2D eigenvalue weighted by Gasteiger charge is -2.12. The highest BCUT2D eigenvalue weighted by Gasteiger charge is 2.10. The summed E-state index contributed by atoms with van der Waals surface area (Å²) in [5.74, 6) is 2.16. The van der Waals surface area contributed by atoms with Crippen LogP contribution < -0.4 is 15.4 Å². The Kier molecular flexibility index (Phi) is 5.80. The van der Waals surface area contributed by atoms with Gasteiger partial charge in [0.2, 0.25) is 17.8 Å². The quantitative estimate of drug-likeness (QED) is 0.647. The Morgan fingerprint density at radius 2 is 1.59 bits per heavy atom. The van der Waals surface area contributed by atoms with Crippen LogP contribution >= 0.6 is 0 Å². The minimum absolute atomic E-state index is 0.0814. The molecule has 0 unspecified atom stereocenters. The second kappa shape index (κ2) is 8.44. The first-order valence-electron chi connectivity index (χ1n) is 8.97. The topological polar surface area (TPSA) is 84.9 Å². The number of anilines is 3. The predicted octanol–water partition coefficient (Wildman–Crippen LogP) is 4.28. The molecule has 2 aromatic heterocycles. The first-order chi connectivity index (χ1) is 13.0. The van der Waals surface area contributed by atoms with Crippen LogP contribution in [0.3, 0.4) is 0 Å². The third-order valence-corrected chi connectivity index (χ3v) is 3.43. The largest absolute Gasteiger partial charge is 0.475 e. The fourth-order valence-corrected chi connectivity index (χ4v) is 2.37. The molecular weight excluding hydrogens is 340 g/mol. The zero-order chi connectivity index (χ0) is 19.2. The van der Waals surface area contributed by atoms with E-state index in [1.54, 1.807) is 6.20 Å². The molecule has 0 atom stereocenters. The molecule has 2 N–H and O–H groups in total. The second-order valence-corrected chi connectivity index (χ2v) is 6.65. The monoisotopic (exact) mass is 364 g/mol. The molecule has 7 heteroatoms. The van der Waals surface area contributed by atoms with Crippen molar-refractivity contribution in [3.05, 3.63) is 48.7 Å². The number of hydrogen-bond donors (Lipinski definition) is 2. The van der Waals surface area contributed by atoms with Crippen LogP contribution in [-0.2, 0) is 0 Å². The van der Waals surface area contributed by atoms with Gasteiger partial charge in [0.05, 0.1) is 18.0 Å². The Labute approximate surface area is 159 Å². The maximum Gasteiger partial charge on any atom is 0.232 e. The molecule has 0 spiro atoms. The molecule has 0 aliphatic rings. The van der Waals surface area contributed by atoms with Gasteiger partial charge in [0.25, 0.3) is 0 Å². The smallest absolute Gasteiger partial charge is 0.232 e. The Bertz CT molecular complexity index is 865. The van der Waals surface area contributed by atoms with Crippen molar-refractivity contribution < 1.29 is 4.74 Å². The Hall–Kier alpha value is -3.22. The Balaban J connectivity index is 1.87. The molecule has 1 aromatic carbocycles. The standard InChI is InChI=1S/C20H24N6O/c1-13(2)22-19-24-18(15-8-6-5-7-9-15)25-20(26-19)23-16-10-11-17(21-12-16)27-14(3)4/h5-14H,1-4H3,(H2,22,23,24,25,26). The molecule has 27 heavy (non-hydrogen) atoms. The maximum atomic E-state index is 5.57. The molecule has 3 aromatic rings. The zero-order valence-electron chi connectivity index (χ0n) is 16.0. The Morgan fingerprint density at radius 1 is 0.852 bits per heavy atom. The van der Waals surface area contributed by atoms with Crippen LogP contribution in [0.15, 0.2) is 48.7 Å². The van der Waals surface area contributed by atoms with E-state index in [-0.39, 0.29) is 12.1 Å². The van der Waals surface area contributed by atoms with E-state index < -0.39 is 0 Å². The number of aromatic nitrogens is 4. The van der Waals surface area contributed by atoms with Gasteiger partial charge >= 0.3 is 0 Å². The van der Waals surface area contributed by atoms with E-state index in [9.17, 15) is 0 Å². The lowest BCUT2D eigenvalue weighted by molar-refractivity contribution is 0.232. The van der Waals surface area contributed by atoms with Gasteiger partial charge in [-0.2, -0.15) is 15.0 Å².